The van der Waals surface area contributed by atoms with Gasteiger partial charge in [-0.2, -0.15) is 0 Å². The van der Waals surface area contributed by atoms with E-state index in [2.05, 4.69) is 64.5 Å². The summed E-state index contributed by atoms with van der Waals surface area (Å²) in [5, 5.41) is 4.41. The number of pyridine rings is 1. The molecule has 8 heteroatoms. The number of carbonyl (C=O) groups excluding carboxylic acids is 1. The van der Waals surface area contributed by atoms with Gasteiger partial charge in [-0.25, -0.2) is 9.78 Å². The van der Waals surface area contributed by atoms with Gasteiger partial charge in [-0.05, 0) is 57.0 Å². The number of rotatable bonds is 5. The van der Waals surface area contributed by atoms with Gasteiger partial charge in [-0.15, -0.1) is 11.3 Å². The van der Waals surface area contributed by atoms with E-state index in [0.717, 1.165) is 63.0 Å². The number of nitrogens with one attached hydrogen (secondary N) is 2. The molecular formula is C29H38N6OS. The van der Waals surface area contributed by atoms with Crippen molar-refractivity contribution in [2.45, 2.75) is 57.7 Å². The van der Waals surface area contributed by atoms with Gasteiger partial charge < -0.3 is 20.1 Å². The molecule has 1 atom stereocenters. The second kappa shape index (κ2) is 10.6. The highest BCUT2D eigenvalue weighted by molar-refractivity contribution is 7.15. The fraction of sp³-hybridized carbons (Fsp3) is 0.517. The normalized spacial score (nSPS) is 22.1. The largest absolute Gasteiger partial charge is 0.346 e. The number of aromatic amines is 1. The highest BCUT2D eigenvalue weighted by atomic mass is 32.1. The van der Waals surface area contributed by atoms with Gasteiger partial charge >= 0.3 is 6.03 Å². The molecule has 7 nitrogen and oxygen atoms in total. The molecule has 1 aliphatic carbocycles. The summed E-state index contributed by atoms with van der Waals surface area (Å²) in [4.78, 5) is 30.6. The summed E-state index contributed by atoms with van der Waals surface area (Å²) in [6.45, 7) is 8.40. The molecule has 6 rings (SSSR count). The fourth-order valence-corrected chi connectivity index (χ4v) is 7.01. The zero-order valence-corrected chi connectivity index (χ0v) is 22.8. The fourth-order valence-electron chi connectivity index (χ4n) is 5.98. The minimum atomic E-state index is 0.0858. The summed E-state index contributed by atoms with van der Waals surface area (Å²) >= 11 is 1.88. The second-order valence-corrected chi connectivity index (χ2v) is 12.2. The van der Waals surface area contributed by atoms with Gasteiger partial charge in [0.1, 0.15) is 5.65 Å². The van der Waals surface area contributed by atoms with Crippen molar-refractivity contribution < 1.29 is 4.79 Å². The maximum atomic E-state index is 12.9. The summed E-state index contributed by atoms with van der Waals surface area (Å²) in [6, 6.07) is 7.40. The Labute approximate surface area is 223 Å². The number of aromatic nitrogens is 2. The van der Waals surface area contributed by atoms with Crippen molar-refractivity contribution in [3.05, 3.63) is 47.1 Å². The zero-order chi connectivity index (χ0) is 25.4. The monoisotopic (exact) mass is 518 g/mol. The van der Waals surface area contributed by atoms with E-state index in [1.807, 2.05) is 22.4 Å². The molecule has 2 amide bonds. The summed E-state index contributed by atoms with van der Waals surface area (Å²) in [5.41, 5.74) is 4.60. The van der Waals surface area contributed by atoms with Crippen LogP contribution in [0.4, 0.5) is 4.79 Å². The first-order valence-electron chi connectivity index (χ1n) is 13.8. The number of nitrogens with zero attached hydrogens (tertiary/aromatic N) is 4. The first-order chi connectivity index (χ1) is 18.0. The van der Waals surface area contributed by atoms with Crippen LogP contribution >= 0.6 is 11.3 Å². The van der Waals surface area contributed by atoms with Gasteiger partial charge in [0.2, 0.25) is 0 Å². The number of likely N-dealkylation sites (N-methyl/N-ethyl adjacent to an activating group) is 1. The SMILES string of the molecule is CC1CC(c2c[nH]c3ncc(-c4ccc(CN5CCN(C)CC5)s4)cc23)=CCN1C(=O)NC1CCCC1. The van der Waals surface area contributed by atoms with Crippen LogP contribution in [0.3, 0.4) is 0 Å². The van der Waals surface area contributed by atoms with Gasteiger partial charge in [-0.1, -0.05) is 18.9 Å². The lowest BCUT2D eigenvalue weighted by molar-refractivity contribution is 0.149. The number of amides is 2. The van der Waals surface area contributed by atoms with Crippen molar-refractivity contribution in [2.75, 3.05) is 39.8 Å². The summed E-state index contributed by atoms with van der Waals surface area (Å²) in [6.07, 6.45) is 11.8. The molecule has 3 aromatic heterocycles. The maximum absolute atomic E-state index is 12.9. The number of fused-ring (bicyclic) bond motifs is 1. The van der Waals surface area contributed by atoms with Crippen LogP contribution in [-0.2, 0) is 6.54 Å². The standard InChI is InChI=1S/C29H38N6OS/c1-20-15-21(9-10-35(20)29(36)32-23-5-3-4-6-23)26-18-31-28-25(26)16-22(17-30-28)27-8-7-24(37-27)19-34-13-11-33(2)12-14-34/h7-9,16-18,20,23H,3-6,10-15,19H2,1-2H3,(H,30,31)(H,32,36). The first kappa shape index (κ1) is 24.6. The average molecular weight is 519 g/mol. The van der Waals surface area contributed by atoms with E-state index in [1.165, 1.54) is 39.3 Å². The quantitative estimate of drug-likeness (QED) is 0.489. The van der Waals surface area contributed by atoms with Crippen molar-refractivity contribution >= 4 is 34.0 Å². The van der Waals surface area contributed by atoms with Crippen molar-refractivity contribution in [3.63, 3.8) is 0 Å². The van der Waals surface area contributed by atoms with Gasteiger partial charge in [0.15, 0.2) is 0 Å². The third-order valence-corrected chi connectivity index (χ3v) is 9.44. The van der Waals surface area contributed by atoms with Gasteiger partial charge in [0.05, 0.1) is 0 Å². The van der Waals surface area contributed by atoms with E-state index in [1.54, 1.807) is 0 Å². The van der Waals surface area contributed by atoms with Crippen LogP contribution in [-0.4, -0.2) is 82.6 Å². The lowest BCUT2D eigenvalue weighted by Gasteiger charge is -2.34. The summed E-state index contributed by atoms with van der Waals surface area (Å²) in [7, 11) is 2.20. The molecule has 3 aromatic rings. The third kappa shape index (κ3) is 5.33. The number of urea groups is 1. The highest BCUT2D eigenvalue weighted by Gasteiger charge is 2.28. The van der Waals surface area contributed by atoms with Crippen LogP contribution in [0.5, 0.6) is 0 Å². The number of hydrogen-bond acceptors (Lipinski definition) is 5. The molecule has 196 valence electrons. The third-order valence-electron chi connectivity index (χ3n) is 8.32. The topological polar surface area (TPSA) is 67.5 Å². The van der Waals surface area contributed by atoms with Gasteiger partial charge in [0.25, 0.3) is 0 Å². The van der Waals surface area contributed by atoms with Crippen molar-refractivity contribution in [1.82, 2.24) is 30.0 Å². The van der Waals surface area contributed by atoms with Crippen LogP contribution in [0.2, 0.25) is 0 Å². The van der Waals surface area contributed by atoms with E-state index < -0.39 is 0 Å². The van der Waals surface area contributed by atoms with Crippen molar-refractivity contribution in [2.24, 2.45) is 0 Å². The average Bonchev–Trinajstić information content (AvgIpc) is 3.66. The number of carbonyl (C=O) groups is 1. The van der Waals surface area contributed by atoms with Crippen LogP contribution in [0, 0.1) is 0 Å². The van der Waals surface area contributed by atoms with Crippen molar-refractivity contribution in [3.8, 4) is 10.4 Å². The smallest absolute Gasteiger partial charge is 0.318 e. The number of hydrogen-bond donors (Lipinski definition) is 2. The number of thiophene rings is 1. The predicted octanol–water partition coefficient (Wildman–Crippen LogP) is 5.17. The van der Waals surface area contributed by atoms with E-state index in [4.69, 9.17) is 4.98 Å². The molecule has 0 bridgehead atoms. The number of H-pyrrole nitrogens is 1. The highest BCUT2D eigenvalue weighted by Crippen LogP contribution is 2.35. The van der Waals surface area contributed by atoms with E-state index in [9.17, 15) is 4.79 Å². The van der Waals surface area contributed by atoms with Crippen LogP contribution in [0.1, 0.15) is 49.5 Å². The minimum Gasteiger partial charge on any atom is -0.346 e. The van der Waals surface area contributed by atoms with Crippen LogP contribution < -0.4 is 5.32 Å². The van der Waals surface area contributed by atoms with Gasteiger partial charge in [-0.3, -0.25) is 4.90 Å². The minimum absolute atomic E-state index is 0.0858. The molecule has 5 heterocycles. The molecule has 0 radical (unpaired) electrons. The lowest BCUT2D eigenvalue weighted by atomic mass is 9.94. The zero-order valence-electron chi connectivity index (χ0n) is 22.0. The molecule has 1 unspecified atom stereocenters. The molecule has 2 aliphatic heterocycles. The Kier molecular flexibility index (Phi) is 7.06. The Morgan fingerprint density at radius 3 is 2.78 bits per heavy atom. The van der Waals surface area contributed by atoms with Gasteiger partial charge in [0, 0.05) is 90.0 Å². The second-order valence-electron chi connectivity index (χ2n) is 11.0. The Morgan fingerprint density at radius 2 is 2.00 bits per heavy atom. The molecule has 3 aliphatic rings. The Bertz CT molecular complexity index is 1280. The van der Waals surface area contributed by atoms with Crippen LogP contribution in [0.15, 0.2) is 36.7 Å². The Morgan fingerprint density at radius 1 is 1.19 bits per heavy atom. The molecule has 0 spiro atoms. The molecule has 2 fully saturated rings. The Balaban J connectivity index is 1.17. The summed E-state index contributed by atoms with van der Waals surface area (Å²) < 4.78 is 0. The Hall–Kier alpha value is -2.68. The molecular weight excluding hydrogens is 480 g/mol. The van der Waals surface area contributed by atoms with E-state index in [-0.39, 0.29) is 12.1 Å². The van der Waals surface area contributed by atoms with E-state index in [0.29, 0.717) is 12.6 Å². The first-order valence-corrected chi connectivity index (χ1v) is 14.6. The van der Waals surface area contributed by atoms with Crippen molar-refractivity contribution in [1.29, 1.82) is 0 Å². The lowest BCUT2D eigenvalue weighted by Crippen LogP contribution is -2.49. The van der Waals surface area contributed by atoms with E-state index >= 15 is 0 Å². The molecule has 0 aromatic carbocycles. The predicted molar refractivity (Wildman–Crippen MR) is 152 cm³/mol. The molecule has 37 heavy (non-hydrogen) atoms. The molecule has 2 N–H and O–H groups in total. The maximum Gasteiger partial charge on any atom is 0.318 e. The van der Waals surface area contributed by atoms with Crippen LogP contribution in [0.25, 0.3) is 27.0 Å². The molecule has 1 saturated carbocycles. The number of piperazine rings is 1. The molecule has 1 saturated heterocycles. The summed E-state index contributed by atoms with van der Waals surface area (Å²) in [5.74, 6) is 0.